The van der Waals surface area contributed by atoms with E-state index in [1.54, 1.807) is 0 Å². The highest BCUT2D eigenvalue weighted by Gasteiger charge is 2.11. The van der Waals surface area contributed by atoms with Gasteiger partial charge in [0.2, 0.25) is 0 Å². The minimum absolute atomic E-state index is 0.121. The van der Waals surface area contributed by atoms with Crippen LogP contribution in [-0.2, 0) is 12.8 Å². The molecule has 1 nitrogen and oxygen atoms in total. The standard InChI is InChI=1S/C18H22ClN/c1-4-13-8-9-15(10-14(13)5-2)18(20)16-7-6-12(3)17(19)11-16/h6-11,18H,4-5,20H2,1-3H3. The van der Waals surface area contributed by atoms with Gasteiger partial charge in [0.05, 0.1) is 6.04 Å². The maximum absolute atomic E-state index is 6.39. The molecule has 2 rings (SSSR count). The third-order valence-corrected chi connectivity index (χ3v) is 4.31. The molecule has 0 spiro atoms. The van der Waals surface area contributed by atoms with E-state index < -0.39 is 0 Å². The van der Waals surface area contributed by atoms with E-state index in [1.807, 2.05) is 19.1 Å². The molecule has 0 saturated carbocycles. The second kappa shape index (κ2) is 6.43. The summed E-state index contributed by atoms with van der Waals surface area (Å²) in [5.41, 5.74) is 12.5. The molecule has 0 radical (unpaired) electrons. The Morgan fingerprint density at radius 2 is 1.55 bits per heavy atom. The van der Waals surface area contributed by atoms with Crippen molar-refractivity contribution in [3.63, 3.8) is 0 Å². The van der Waals surface area contributed by atoms with Crippen molar-refractivity contribution in [2.24, 2.45) is 5.73 Å². The first kappa shape index (κ1) is 15.1. The lowest BCUT2D eigenvalue weighted by molar-refractivity contribution is 0.862. The van der Waals surface area contributed by atoms with Crippen LogP contribution in [0, 0.1) is 6.92 Å². The number of nitrogens with two attached hydrogens (primary N) is 1. The topological polar surface area (TPSA) is 26.0 Å². The second-order valence-electron chi connectivity index (χ2n) is 5.22. The Kier molecular flexibility index (Phi) is 4.85. The largest absolute Gasteiger partial charge is 0.320 e. The summed E-state index contributed by atoms with van der Waals surface area (Å²) in [6, 6.07) is 12.5. The normalized spacial score (nSPS) is 12.4. The van der Waals surface area contributed by atoms with Gasteiger partial charge in [-0.05, 0) is 53.6 Å². The molecule has 106 valence electrons. The summed E-state index contributed by atoms with van der Waals surface area (Å²) < 4.78 is 0. The summed E-state index contributed by atoms with van der Waals surface area (Å²) in [6.45, 7) is 6.38. The fraction of sp³-hybridized carbons (Fsp3) is 0.333. The lowest BCUT2D eigenvalue weighted by atomic mass is 9.93. The maximum atomic E-state index is 6.39. The molecule has 2 aromatic rings. The quantitative estimate of drug-likeness (QED) is 0.857. The summed E-state index contributed by atoms with van der Waals surface area (Å²) in [6.07, 6.45) is 2.10. The number of benzene rings is 2. The molecule has 0 aliphatic rings. The molecule has 0 heterocycles. The van der Waals surface area contributed by atoms with Gasteiger partial charge >= 0.3 is 0 Å². The minimum Gasteiger partial charge on any atom is -0.320 e. The average molecular weight is 288 g/mol. The number of hydrogen-bond donors (Lipinski definition) is 1. The summed E-state index contributed by atoms with van der Waals surface area (Å²) in [5, 5.41) is 0.777. The molecule has 1 atom stereocenters. The van der Waals surface area contributed by atoms with Crippen LogP contribution in [-0.4, -0.2) is 0 Å². The summed E-state index contributed by atoms with van der Waals surface area (Å²) >= 11 is 6.20. The van der Waals surface area contributed by atoms with Crippen LogP contribution in [0.2, 0.25) is 5.02 Å². The van der Waals surface area contributed by atoms with Crippen molar-refractivity contribution in [1.29, 1.82) is 0 Å². The molecule has 0 fully saturated rings. The van der Waals surface area contributed by atoms with Crippen molar-refractivity contribution in [2.75, 3.05) is 0 Å². The van der Waals surface area contributed by atoms with E-state index in [0.717, 1.165) is 34.6 Å². The van der Waals surface area contributed by atoms with Crippen LogP contribution in [0.3, 0.4) is 0 Å². The van der Waals surface area contributed by atoms with Gasteiger partial charge in [0.15, 0.2) is 0 Å². The van der Waals surface area contributed by atoms with E-state index in [-0.39, 0.29) is 6.04 Å². The summed E-state index contributed by atoms with van der Waals surface area (Å²) in [4.78, 5) is 0. The molecule has 0 bridgehead atoms. The highest BCUT2D eigenvalue weighted by molar-refractivity contribution is 6.31. The predicted molar refractivity (Wildman–Crippen MR) is 87.4 cm³/mol. The molecule has 20 heavy (non-hydrogen) atoms. The van der Waals surface area contributed by atoms with Crippen LogP contribution in [0.25, 0.3) is 0 Å². The molecule has 0 aliphatic carbocycles. The lowest BCUT2D eigenvalue weighted by Crippen LogP contribution is -2.12. The van der Waals surface area contributed by atoms with Gasteiger partial charge in [0.1, 0.15) is 0 Å². The van der Waals surface area contributed by atoms with Crippen molar-refractivity contribution in [3.05, 3.63) is 69.2 Å². The smallest absolute Gasteiger partial charge is 0.0552 e. The van der Waals surface area contributed by atoms with Gasteiger partial charge in [-0.25, -0.2) is 0 Å². The zero-order chi connectivity index (χ0) is 14.7. The van der Waals surface area contributed by atoms with Gasteiger partial charge in [-0.1, -0.05) is 55.8 Å². The second-order valence-corrected chi connectivity index (χ2v) is 5.63. The highest BCUT2D eigenvalue weighted by Crippen LogP contribution is 2.26. The molecular weight excluding hydrogens is 266 g/mol. The van der Waals surface area contributed by atoms with Crippen LogP contribution in [0.4, 0.5) is 0 Å². The number of hydrogen-bond acceptors (Lipinski definition) is 1. The number of aryl methyl sites for hydroxylation is 3. The van der Waals surface area contributed by atoms with Gasteiger partial charge in [0, 0.05) is 5.02 Å². The van der Waals surface area contributed by atoms with Crippen LogP contribution < -0.4 is 5.73 Å². The average Bonchev–Trinajstić information content (AvgIpc) is 2.48. The minimum atomic E-state index is -0.121. The fourth-order valence-electron chi connectivity index (χ4n) is 2.51. The molecule has 1 unspecified atom stereocenters. The molecule has 0 saturated heterocycles. The van der Waals surface area contributed by atoms with E-state index >= 15 is 0 Å². The fourth-order valence-corrected chi connectivity index (χ4v) is 2.70. The van der Waals surface area contributed by atoms with E-state index in [2.05, 4.69) is 38.1 Å². The third-order valence-electron chi connectivity index (χ3n) is 3.91. The SMILES string of the molecule is CCc1ccc(C(N)c2ccc(C)c(Cl)c2)cc1CC. The maximum Gasteiger partial charge on any atom is 0.0552 e. The van der Waals surface area contributed by atoms with E-state index in [0.29, 0.717) is 0 Å². The van der Waals surface area contributed by atoms with E-state index in [9.17, 15) is 0 Å². The third kappa shape index (κ3) is 3.05. The first-order valence-corrected chi connectivity index (χ1v) is 7.58. The van der Waals surface area contributed by atoms with Crippen LogP contribution in [0.1, 0.15) is 47.7 Å². The highest BCUT2D eigenvalue weighted by atomic mass is 35.5. The van der Waals surface area contributed by atoms with Crippen molar-refractivity contribution >= 4 is 11.6 Å². The predicted octanol–water partition coefficient (Wildman–Crippen LogP) is 4.82. The van der Waals surface area contributed by atoms with Crippen LogP contribution >= 0.6 is 11.6 Å². The van der Waals surface area contributed by atoms with Gasteiger partial charge < -0.3 is 5.73 Å². The lowest BCUT2D eigenvalue weighted by Gasteiger charge is -2.16. The zero-order valence-corrected chi connectivity index (χ0v) is 13.2. The molecule has 2 N–H and O–H groups in total. The van der Waals surface area contributed by atoms with Crippen molar-refractivity contribution in [1.82, 2.24) is 0 Å². The van der Waals surface area contributed by atoms with Crippen molar-refractivity contribution in [2.45, 2.75) is 39.7 Å². The Labute approximate surface area is 126 Å². The molecule has 0 amide bonds. The van der Waals surface area contributed by atoms with Gasteiger partial charge in [0.25, 0.3) is 0 Å². The Balaban J connectivity index is 2.37. The van der Waals surface area contributed by atoms with Crippen molar-refractivity contribution < 1.29 is 0 Å². The molecule has 2 heteroatoms. The summed E-state index contributed by atoms with van der Waals surface area (Å²) in [5.74, 6) is 0. The first-order valence-electron chi connectivity index (χ1n) is 7.20. The van der Waals surface area contributed by atoms with Crippen LogP contribution in [0.5, 0.6) is 0 Å². The zero-order valence-electron chi connectivity index (χ0n) is 12.4. The Hall–Kier alpha value is -1.31. The first-order chi connectivity index (χ1) is 9.56. The van der Waals surface area contributed by atoms with Gasteiger partial charge in [-0.3, -0.25) is 0 Å². The van der Waals surface area contributed by atoms with Gasteiger partial charge in [-0.15, -0.1) is 0 Å². The molecule has 0 aromatic heterocycles. The Morgan fingerprint density at radius 3 is 2.15 bits per heavy atom. The van der Waals surface area contributed by atoms with E-state index in [4.69, 9.17) is 17.3 Å². The van der Waals surface area contributed by atoms with Crippen molar-refractivity contribution in [3.8, 4) is 0 Å². The Morgan fingerprint density at radius 1 is 0.950 bits per heavy atom. The Bertz CT molecular complexity index is 604. The van der Waals surface area contributed by atoms with Crippen LogP contribution in [0.15, 0.2) is 36.4 Å². The molecule has 0 aliphatic heterocycles. The molecular formula is C18H22ClN. The number of halogens is 1. The summed E-state index contributed by atoms with van der Waals surface area (Å²) in [7, 11) is 0. The number of rotatable bonds is 4. The molecule has 2 aromatic carbocycles. The van der Waals surface area contributed by atoms with E-state index in [1.165, 1.54) is 11.1 Å². The monoisotopic (exact) mass is 287 g/mol. The van der Waals surface area contributed by atoms with Gasteiger partial charge in [-0.2, -0.15) is 0 Å².